The molecular weight excluding hydrogens is 234 g/mol. The molecule has 0 bridgehead atoms. The lowest BCUT2D eigenvalue weighted by molar-refractivity contribution is 0.200. The second kappa shape index (κ2) is 6.32. The van der Waals surface area contributed by atoms with Crippen LogP contribution in [0.5, 0.6) is 0 Å². The third kappa shape index (κ3) is 3.18. The fraction of sp³-hybridized carbons (Fsp3) is 0.500. The maximum atomic E-state index is 11.7. The maximum absolute atomic E-state index is 11.7. The zero-order valence-corrected chi connectivity index (χ0v) is 10.8. The predicted molar refractivity (Wildman–Crippen MR) is 69.5 cm³/mol. The smallest absolute Gasteiger partial charge is 0.330 e. The maximum Gasteiger partial charge on any atom is 0.330 e. The van der Waals surface area contributed by atoms with Gasteiger partial charge in [-0.1, -0.05) is 6.08 Å². The standard InChI is InChI=1S/C12H19N3O3/c1-4-5-15(6-7-16)9-10-8-11(17)14(3)12(18)13(10)2/h4,8,16H,1,5-7,9H2,2-3H3. The summed E-state index contributed by atoms with van der Waals surface area (Å²) in [5.74, 6) is 0. The first-order valence-electron chi connectivity index (χ1n) is 5.71. The molecule has 1 heterocycles. The van der Waals surface area contributed by atoms with E-state index in [2.05, 4.69) is 6.58 Å². The van der Waals surface area contributed by atoms with Gasteiger partial charge in [-0.3, -0.25) is 18.8 Å². The van der Waals surface area contributed by atoms with Gasteiger partial charge < -0.3 is 5.11 Å². The van der Waals surface area contributed by atoms with Gasteiger partial charge in [-0.25, -0.2) is 4.79 Å². The molecule has 0 aromatic carbocycles. The fourth-order valence-electron chi connectivity index (χ4n) is 1.72. The van der Waals surface area contributed by atoms with E-state index >= 15 is 0 Å². The highest BCUT2D eigenvalue weighted by Gasteiger charge is 2.09. The minimum Gasteiger partial charge on any atom is -0.395 e. The molecule has 0 amide bonds. The first kappa shape index (κ1) is 14.4. The normalized spacial score (nSPS) is 10.9. The van der Waals surface area contributed by atoms with Gasteiger partial charge in [-0.15, -0.1) is 6.58 Å². The number of aliphatic hydroxyl groups excluding tert-OH is 1. The van der Waals surface area contributed by atoms with Gasteiger partial charge in [0, 0.05) is 45.5 Å². The van der Waals surface area contributed by atoms with Crippen LogP contribution in [-0.2, 0) is 20.6 Å². The average Bonchev–Trinajstić information content (AvgIpc) is 2.34. The minimum absolute atomic E-state index is 0.0205. The van der Waals surface area contributed by atoms with Crippen molar-refractivity contribution in [2.45, 2.75) is 6.54 Å². The molecule has 0 atom stereocenters. The molecular formula is C12H19N3O3. The SMILES string of the molecule is C=CCN(CCO)Cc1cc(=O)n(C)c(=O)n1C. The Bertz CT molecular complexity index is 530. The van der Waals surface area contributed by atoms with E-state index in [4.69, 9.17) is 5.11 Å². The molecule has 100 valence electrons. The lowest BCUT2D eigenvalue weighted by atomic mass is 10.3. The lowest BCUT2D eigenvalue weighted by Gasteiger charge is -2.20. The lowest BCUT2D eigenvalue weighted by Crippen LogP contribution is -2.39. The highest BCUT2D eigenvalue weighted by atomic mass is 16.3. The fourth-order valence-corrected chi connectivity index (χ4v) is 1.72. The molecule has 1 N–H and O–H groups in total. The summed E-state index contributed by atoms with van der Waals surface area (Å²) < 4.78 is 2.50. The third-order valence-corrected chi connectivity index (χ3v) is 2.81. The summed E-state index contributed by atoms with van der Waals surface area (Å²) >= 11 is 0. The van der Waals surface area contributed by atoms with Gasteiger partial charge in [-0.05, 0) is 0 Å². The summed E-state index contributed by atoms with van der Waals surface area (Å²) in [6.07, 6.45) is 1.72. The van der Waals surface area contributed by atoms with Crippen molar-refractivity contribution in [1.29, 1.82) is 0 Å². The highest BCUT2D eigenvalue weighted by molar-refractivity contribution is 5.02. The quantitative estimate of drug-likeness (QED) is 0.665. The Morgan fingerprint density at radius 1 is 1.39 bits per heavy atom. The summed E-state index contributed by atoms with van der Waals surface area (Å²) in [5, 5.41) is 8.95. The number of aliphatic hydroxyl groups is 1. The van der Waals surface area contributed by atoms with Crippen LogP contribution in [0.2, 0.25) is 0 Å². The van der Waals surface area contributed by atoms with E-state index in [1.165, 1.54) is 17.7 Å². The summed E-state index contributed by atoms with van der Waals surface area (Å²) in [5.41, 5.74) is -0.0471. The van der Waals surface area contributed by atoms with Gasteiger partial charge in [0.1, 0.15) is 0 Å². The monoisotopic (exact) mass is 253 g/mol. The van der Waals surface area contributed by atoms with Crippen molar-refractivity contribution in [3.05, 3.63) is 45.3 Å². The Morgan fingerprint density at radius 3 is 2.61 bits per heavy atom. The molecule has 0 aliphatic heterocycles. The summed E-state index contributed by atoms with van der Waals surface area (Å²) in [4.78, 5) is 25.2. The van der Waals surface area contributed by atoms with E-state index in [-0.39, 0.29) is 17.9 Å². The average molecular weight is 253 g/mol. The van der Waals surface area contributed by atoms with Gasteiger partial charge in [0.25, 0.3) is 5.56 Å². The summed E-state index contributed by atoms with van der Waals surface area (Å²) in [6.45, 7) is 5.14. The second-order valence-electron chi connectivity index (χ2n) is 4.12. The molecule has 0 aliphatic rings. The van der Waals surface area contributed by atoms with Crippen molar-refractivity contribution in [2.24, 2.45) is 14.1 Å². The zero-order chi connectivity index (χ0) is 13.7. The third-order valence-electron chi connectivity index (χ3n) is 2.81. The summed E-state index contributed by atoms with van der Waals surface area (Å²) in [6, 6.07) is 1.44. The molecule has 0 spiro atoms. The molecule has 0 saturated carbocycles. The van der Waals surface area contributed by atoms with Crippen molar-refractivity contribution >= 4 is 0 Å². The van der Waals surface area contributed by atoms with E-state index in [0.717, 1.165) is 4.57 Å². The van der Waals surface area contributed by atoms with Crippen molar-refractivity contribution in [2.75, 3.05) is 19.7 Å². The van der Waals surface area contributed by atoms with Crippen LogP contribution >= 0.6 is 0 Å². The van der Waals surface area contributed by atoms with Crippen LogP contribution < -0.4 is 11.2 Å². The van der Waals surface area contributed by atoms with Gasteiger partial charge in [0.15, 0.2) is 0 Å². The molecule has 0 aliphatic carbocycles. The van der Waals surface area contributed by atoms with Crippen LogP contribution in [0.1, 0.15) is 5.69 Å². The predicted octanol–water partition coefficient (Wildman–Crippen LogP) is -0.936. The van der Waals surface area contributed by atoms with E-state index in [1.807, 2.05) is 4.90 Å². The Morgan fingerprint density at radius 2 is 2.06 bits per heavy atom. The van der Waals surface area contributed by atoms with Crippen LogP contribution in [0.3, 0.4) is 0 Å². The number of nitrogens with zero attached hydrogens (tertiary/aromatic N) is 3. The van der Waals surface area contributed by atoms with Gasteiger partial charge in [0.05, 0.1) is 6.61 Å². The van der Waals surface area contributed by atoms with E-state index in [9.17, 15) is 9.59 Å². The largest absolute Gasteiger partial charge is 0.395 e. The molecule has 1 aromatic rings. The molecule has 0 unspecified atom stereocenters. The van der Waals surface area contributed by atoms with Crippen molar-refractivity contribution in [3.8, 4) is 0 Å². The topological polar surface area (TPSA) is 67.5 Å². The van der Waals surface area contributed by atoms with Crippen molar-refractivity contribution < 1.29 is 5.11 Å². The van der Waals surface area contributed by atoms with E-state index in [0.29, 0.717) is 25.3 Å². The van der Waals surface area contributed by atoms with Crippen LogP contribution in [0.25, 0.3) is 0 Å². The van der Waals surface area contributed by atoms with Crippen LogP contribution in [0.15, 0.2) is 28.3 Å². The Kier molecular flexibility index (Phi) is 5.06. The van der Waals surface area contributed by atoms with Gasteiger partial charge >= 0.3 is 5.69 Å². The summed E-state index contributed by atoms with van der Waals surface area (Å²) in [7, 11) is 3.08. The Hall–Kier alpha value is -1.66. The van der Waals surface area contributed by atoms with Crippen LogP contribution in [0, 0.1) is 0 Å². The molecule has 6 nitrogen and oxygen atoms in total. The van der Waals surface area contributed by atoms with Gasteiger partial charge in [-0.2, -0.15) is 0 Å². The molecule has 0 radical (unpaired) electrons. The van der Waals surface area contributed by atoms with E-state index in [1.54, 1.807) is 13.1 Å². The van der Waals surface area contributed by atoms with Crippen LogP contribution in [0.4, 0.5) is 0 Å². The second-order valence-corrected chi connectivity index (χ2v) is 4.12. The van der Waals surface area contributed by atoms with E-state index < -0.39 is 0 Å². The first-order valence-corrected chi connectivity index (χ1v) is 5.71. The van der Waals surface area contributed by atoms with Crippen molar-refractivity contribution in [1.82, 2.24) is 14.0 Å². The minimum atomic E-state index is -0.347. The first-order chi connectivity index (χ1) is 8.51. The Labute approximate surface area is 105 Å². The number of rotatable bonds is 6. The molecule has 1 rings (SSSR count). The number of hydrogen-bond acceptors (Lipinski definition) is 4. The molecule has 1 aromatic heterocycles. The Balaban J connectivity index is 3.06. The van der Waals surface area contributed by atoms with Crippen LogP contribution in [-0.4, -0.2) is 38.8 Å². The molecule has 0 saturated heterocycles. The van der Waals surface area contributed by atoms with Gasteiger partial charge in [0.2, 0.25) is 0 Å². The van der Waals surface area contributed by atoms with Crippen molar-refractivity contribution in [3.63, 3.8) is 0 Å². The molecule has 0 fully saturated rings. The highest BCUT2D eigenvalue weighted by Crippen LogP contribution is 1.99. The molecule has 18 heavy (non-hydrogen) atoms. The molecule has 6 heteroatoms. The number of aromatic nitrogens is 2. The number of hydrogen-bond donors (Lipinski definition) is 1. The zero-order valence-electron chi connectivity index (χ0n) is 10.8.